The number of nitrogens with zero attached hydrogens (tertiary/aromatic N) is 1. The lowest BCUT2D eigenvalue weighted by Crippen LogP contribution is -2.36. The van der Waals surface area contributed by atoms with Crippen molar-refractivity contribution < 1.29 is 9.53 Å². The van der Waals surface area contributed by atoms with Crippen LogP contribution in [0.2, 0.25) is 0 Å². The molecule has 2 amide bonds. The van der Waals surface area contributed by atoms with Gasteiger partial charge in [-0.15, -0.1) is 6.42 Å². The number of rotatable bonds is 7. The van der Waals surface area contributed by atoms with Gasteiger partial charge in [0.15, 0.2) is 0 Å². The van der Waals surface area contributed by atoms with Crippen LogP contribution in [0.15, 0.2) is 48.8 Å². The van der Waals surface area contributed by atoms with Crippen LogP contribution in [0.5, 0.6) is 5.75 Å². The lowest BCUT2D eigenvalue weighted by atomic mass is 10.1. The predicted molar refractivity (Wildman–Crippen MR) is 88.9 cm³/mol. The van der Waals surface area contributed by atoms with Crippen LogP contribution in [0.1, 0.15) is 11.1 Å². The molecule has 2 N–H and O–H groups in total. The highest BCUT2D eigenvalue weighted by molar-refractivity contribution is 5.73. The Balaban J connectivity index is 1.66. The van der Waals surface area contributed by atoms with E-state index in [1.54, 1.807) is 12.4 Å². The highest BCUT2D eigenvalue weighted by Crippen LogP contribution is 2.12. The molecule has 0 fully saturated rings. The minimum atomic E-state index is -0.192. The van der Waals surface area contributed by atoms with Crippen molar-refractivity contribution >= 4 is 6.03 Å². The van der Waals surface area contributed by atoms with Crippen molar-refractivity contribution in [3.8, 4) is 18.1 Å². The lowest BCUT2D eigenvalue weighted by Gasteiger charge is -2.08. The molecule has 0 aliphatic rings. The first kappa shape index (κ1) is 16.4. The number of carbonyl (C=O) groups is 1. The minimum Gasteiger partial charge on any atom is -0.481 e. The Morgan fingerprint density at radius 1 is 1.17 bits per heavy atom. The summed E-state index contributed by atoms with van der Waals surface area (Å²) < 4.78 is 5.31. The SMILES string of the molecule is C#CCOc1ccc(CCNC(=O)NCc2cccnc2)cc1. The fraction of sp³-hybridized carbons (Fsp3) is 0.222. The van der Waals surface area contributed by atoms with Gasteiger partial charge in [0.2, 0.25) is 0 Å². The minimum absolute atomic E-state index is 0.192. The Hall–Kier alpha value is -3.00. The summed E-state index contributed by atoms with van der Waals surface area (Å²) in [5, 5.41) is 5.61. The van der Waals surface area contributed by atoms with E-state index in [9.17, 15) is 4.79 Å². The third-order valence-corrected chi connectivity index (χ3v) is 3.12. The molecule has 1 aromatic heterocycles. The number of pyridine rings is 1. The second kappa shape index (κ2) is 9.11. The number of hydrogen-bond acceptors (Lipinski definition) is 3. The van der Waals surface area contributed by atoms with Gasteiger partial charge in [-0.2, -0.15) is 0 Å². The van der Waals surface area contributed by atoms with Crippen LogP contribution in [0.4, 0.5) is 4.79 Å². The van der Waals surface area contributed by atoms with Crippen LogP contribution in [-0.4, -0.2) is 24.2 Å². The summed E-state index contributed by atoms with van der Waals surface area (Å²) >= 11 is 0. The molecule has 23 heavy (non-hydrogen) atoms. The average Bonchev–Trinajstić information content (AvgIpc) is 2.60. The standard InChI is InChI=1S/C18H19N3O2/c1-2-12-23-17-7-5-15(6-8-17)9-11-20-18(22)21-14-16-4-3-10-19-13-16/h1,3-8,10,13H,9,11-12,14H2,(H2,20,21,22). The predicted octanol–water partition coefficient (Wildman–Crippen LogP) is 2.14. The van der Waals surface area contributed by atoms with Gasteiger partial charge in [0.1, 0.15) is 12.4 Å². The highest BCUT2D eigenvalue weighted by atomic mass is 16.5. The van der Waals surface area contributed by atoms with Crippen molar-refractivity contribution in [3.05, 3.63) is 59.9 Å². The van der Waals surface area contributed by atoms with Crippen molar-refractivity contribution in [2.45, 2.75) is 13.0 Å². The molecule has 1 heterocycles. The highest BCUT2D eigenvalue weighted by Gasteiger charge is 2.01. The van der Waals surface area contributed by atoms with Gasteiger partial charge in [-0.1, -0.05) is 24.1 Å². The fourth-order valence-electron chi connectivity index (χ4n) is 1.95. The summed E-state index contributed by atoms with van der Waals surface area (Å²) in [6.07, 6.45) is 9.31. The average molecular weight is 309 g/mol. The van der Waals surface area contributed by atoms with Crippen LogP contribution in [0.25, 0.3) is 0 Å². The molecule has 0 atom stereocenters. The van der Waals surface area contributed by atoms with Gasteiger partial charge in [0.25, 0.3) is 0 Å². The summed E-state index contributed by atoms with van der Waals surface area (Å²) in [7, 11) is 0. The number of aromatic nitrogens is 1. The molecule has 0 saturated heterocycles. The molecular formula is C18H19N3O2. The summed E-state index contributed by atoms with van der Waals surface area (Å²) in [6, 6.07) is 11.2. The van der Waals surface area contributed by atoms with Crippen LogP contribution < -0.4 is 15.4 Å². The summed E-state index contributed by atoms with van der Waals surface area (Å²) in [4.78, 5) is 15.7. The number of hydrogen-bond donors (Lipinski definition) is 2. The first-order chi connectivity index (χ1) is 11.3. The molecule has 0 aliphatic heterocycles. The first-order valence-electron chi connectivity index (χ1n) is 7.34. The fourth-order valence-corrected chi connectivity index (χ4v) is 1.95. The normalized spacial score (nSPS) is 9.70. The zero-order valence-corrected chi connectivity index (χ0v) is 12.8. The summed E-state index contributed by atoms with van der Waals surface area (Å²) in [6.45, 7) is 1.28. The zero-order chi connectivity index (χ0) is 16.3. The molecule has 0 bridgehead atoms. The summed E-state index contributed by atoms with van der Waals surface area (Å²) in [5.74, 6) is 3.17. The van der Waals surface area contributed by atoms with Crippen molar-refractivity contribution in [2.75, 3.05) is 13.2 Å². The second-order valence-electron chi connectivity index (χ2n) is 4.86. The lowest BCUT2D eigenvalue weighted by molar-refractivity contribution is 0.240. The monoisotopic (exact) mass is 309 g/mol. The Labute approximate surface area is 136 Å². The maximum atomic E-state index is 11.7. The molecule has 1 aromatic carbocycles. The molecule has 0 spiro atoms. The third kappa shape index (κ3) is 6.10. The van der Waals surface area contributed by atoms with Gasteiger partial charge in [0.05, 0.1) is 0 Å². The van der Waals surface area contributed by atoms with E-state index in [-0.39, 0.29) is 12.6 Å². The molecule has 0 aliphatic carbocycles. The van der Waals surface area contributed by atoms with E-state index in [0.717, 1.165) is 23.3 Å². The van der Waals surface area contributed by atoms with Gasteiger partial charge >= 0.3 is 6.03 Å². The zero-order valence-electron chi connectivity index (χ0n) is 12.8. The Bertz CT molecular complexity index is 648. The van der Waals surface area contributed by atoms with Crippen LogP contribution >= 0.6 is 0 Å². The van der Waals surface area contributed by atoms with E-state index >= 15 is 0 Å². The quantitative estimate of drug-likeness (QED) is 0.770. The van der Waals surface area contributed by atoms with Crippen molar-refractivity contribution in [2.24, 2.45) is 0 Å². The van der Waals surface area contributed by atoms with Crippen LogP contribution in [0, 0.1) is 12.3 Å². The molecule has 5 nitrogen and oxygen atoms in total. The molecule has 0 unspecified atom stereocenters. The molecule has 118 valence electrons. The molecule has 0 saturated carbocycles. The number of carbonyl (C=O) groups excluding carboxylic acids is 1. The third-order valence-electron chi connectivity index (χ3n) is 3.12. The second-order valence-corrected chi connectivity index (χ2v) is 4.86. The van der Waals surface area contributed by atoms with E-state index in [2.05, 4.69) is 21.5 Å². The maximum absolute atomic E-state index is 11.7. The molecular weight excluding hydrogens is 290 g/mol. The van der Waals surface area contributed by atoms with Crippen LogP contribution in [0.3, 0.4) is 0 Å². The smallest absolute Gasteiger partial charge is 0.315 e. The van der Waals surface area contributed by atoms with Gasteiger partial charge in [-0.3, -0.25) is 4.98 Å². The molecule has 5 heteroatoms. The number of nitrogens with one attached hydrogen (secondary N) is 2. The van der Waals surface area contributed by atoms with Crippen molar-refractivity contribution in [3.63, 3.8) is 0 Å². The first-order valence-corrected chi connectivity index (χ1v) is 7.34. The molecule has 2 rings (SSSR count). The number of amides is 2. The number of ether oxygens (including phenoxy) is 1. The Kier molecular flexibility index (Phi) is 6.48. The van der Waals surface area contributed by atoms with E-state index in [4.69, 9.17) is 11.2 Å². The van der Waals surface area contributed by atoms with E-state index < -0.39 is 0 Å². The number of urea groups is 1. The van der Waals surface area contributed by atoms with Gasteiger partial charge in [-0.05, 0) is 35.7 Å². The van der Waals surface area contributed by atoms with Crippen LogP contribution in [-0.2, 0) is 13.0 Å². The van der Waals surface area contributed by atoms with E-state index in [1.165, 1.54) is 0 Å². The largest absolute Gasteiger partial charge is 0.481 e. The van der Waals surface area contributed by atoms with Gasteiger partial charge < -0.3 is 15.4 Å². The topological polar surface area (TPSA) is 63.2 Å². The Morgan fingerprint density at radius 3 is 2.70 bits per heavy atom. The summed E-state index contributed by atoms with van der Waals surface area (Å²) in [5.41, 5.74) is 2.08. The van der Waals surface area contributed by atoms with Gasteiger partial charge in [-0.25, -0.2) is 4.79 Å². The Morgan fingerprint density at radius 2 is 2.00 bits per heavy atom. The van der Waals surface area contributed by atoms with Crippen molar-refractivity contribution in [1.82, 2.24) is 15.6 Å². The van der Waals surface area contributed by atoms with Gasteiger partial charge in [0, 0.05) is 25.5 Å². The number of terminal acetylenes is 1. The molecule has 2 aromatic rings. The van der Waals surface area contributed by atoms with E-state index in [1.807, 2.05) is 36.4 Å². The van der Waals surface area contributed by atoms with Crippen molar-refractivity contribution in [1.29, 1.82) is 0 Å². The maximum Gasteiger partial charge on any atom is 0.315 e. The number of benzene rings is 1. The molecule has 0 radical (unpaired) electrons. The van der Waals surface area contributed by atoms with E-state index in [0.29, 0.717) is 13.1 Å².